The lowest BCUT2D eigenvalue weighted by molar-refractivity contribution is 0.0867. The summed E-state index contributed by atoms with van der Waals surface area (Å²) in [6.45, 7) is 10.1. The van der Waals surface area contributed by atoms with Crippen molar-refractivity contribution in [3.8, 4) is 0 Å². The summed E-state index contributed by atoms with van der Waals surface area (Å²) in [6.07, 6.45) is 4.25. The number of ketones is 2. The molecule has 0 saturated heterocycles. The Labute approximate surface area is 182 Å². The quantitative estimate of drug-likeness (QED) is 0.704. The van der Waals surface area contributed by atoms with E-state index in [4.69, 9.17) is 4.52 Å². The van der Waals surface area contributed by atoms with E-state index < -0.39 is 0 Å². The zero-order valence-corrected chi connectivity index (χ0v) is 19.1. The van der Waals surface area contributed by atoms with E-state index in [1.54, 1.807) is 0 Å². The standard InChI is InChI=1S/C24H31N3O4/c1-6-7-20(30)27-16-10-23(2,3)11-17(28)21(16)14(25-27)8-9-15-22-18(29)12-24(4,5)13-19(22)31-26-15/h6-13H2,1-5H3. The van der Waals surface area contributed by atoms with Crippen LogP contribution in [0.4, 0.5) is 0 Å². The van der Waals surface area contributed by atoms with Gasteiger partial charge in [-0.2, -0.15) is 5.10 Å². The van der Waals surface area contributed by atoms with Gasteiger partial charge >= 0.3 is 0 Å². The Morgan fingerprint density at radius 2 is 1.55 bits per heavy atom. The van der Waals surface area contributed by atoms with E-state index in [9.17, 15) is 14.4 Å². The Kier molecular flexibility index (Phi) is 5.26. The molecule has 2 aliphatic rings. The van der Waals surface area contributed by atoms with E-state index in [1.807, 2.05) is 20.8 Å². The molecule has 0 atom stereocenters. The van der Waals surface area contributed by atoms with Crippen LogP contribution in [0.1, 0.15) is 109 Å². The van der Waals surface area contributed by atoms with Gasteiger partial charge in [-0.25, -0.2) is 4.68 Å². The first-order chi connectivity index (χ1) is 14.5. The van der Waals surface area contributed by atoms with Crippen molar-refractivity contribution in [3.05, 3.63) is 34.0 Å². The average molecular weight is 426 g/mol. The number of aromatic nitrogens is 3. The molecule has 0 aromatic carbocycles. The number of carbonyl (C=O) groups excluding carboxylic acids is 3. The van der Waals surface area contributed by atoms with Crippen LogP contribution in [0.3, 0.4) is 0 Å². The topological polar surface area (TPSA) is 95.1 Å². The first kappa shape index (κ1) is 21.7. The van der Waals surface area contributed by atoms with E-state index in [-0.39, 0.29) is 28.3 Å². The summed E-state index contributed by atoms with van der Waals surface area (Å²) in [4.78, 5) is 38.4. The highest BCUT2D eigenvalue weighted by Gasteiger charge is 2.39. The van der Waals surface area contributed by atoms with Gasteiger partial charge in [-0.3, -0.25) is 14.4 Å². The van der Waals surface area contributed by atoms with Gasteiger partial charge in [0.1, 0.15) is 5.76 Å². The molecule has 0 N–H and O–H groups in total. The summed E-state index contributed by atoms with van der Waals surface area (Å²) in [7, 11) is 0. The second-order valence-electron chi connectivity index (χ2n) is 10.6. The molecule has 7 heteroatoms. The number of carbonyl (C=O) groups is 3. The number of aryl methyl sites for hydroxylation is 2. The molecule has 31 heavy (non-hydrogen) atoms. The van der Waals surface area contributed by atoms with Crippen LogP contribution in [0.25, 0.3) is 0 Å². The minimum atomic E-state index is -0.198. The molecular weight excluding hydrogens is 394 g/mol. The number of nitrogens with zero attached hydrogens (tertiary/aromatic N) is 3. The van der Waals surface area contributed by atoms with Crippen molar-refractivity contribution in [1.29, 1.82) is 0 Å². The summed E-state index contributed by atoms with van der Waals surface area (Å²) in [6, 6.07) is 0. The molecule has 2 aliphatic carbocycles. The second kappa shape index (κ2) is 7.53. The van der Waals surface area contributed by atoms with Gasteiger partial charge in [-0.1, -0.05) is 39.8 Å². The van der Waals surface area contributed by atoms with Crippen molar-refractivity contribution in [3.63, 3.8) is 0 Å². The van der Waals surface area contributed by atoms with Crippen molar-refractivity contribution in [2.75, 3.05) is 0 Å². The van der Waals surface area contributed by atoms with Gasteiger partial charge in [0.05, 0.1) is 28.2 Å². The normalized spacial score (nSPS) is 19.3. The van der Waals surface area contributed by atoms with Crippen molar-refractivity contribution in [2.24, 2.45) is 10.8 Å². The number of rotatable bonds is 5. The number of fused-ring (bicyclic) bond motifs is 2. The van der Waals surface area contributed by atoms with E-state index in [1.165, 1.54) is 4.68 Å². The van der Waals surface area contributed by atoms with Crippen LogP contribution in [-0.2, 0) is 25.7 Å². The lowest BCUT2D eigenvalue weighted by Gasteiger charge is -2.29. The summed E-state index contributed by atoms with van der Waals surface area (Å²) in [5, 5.41) is 8.76. The third-order valence-corrected chi connectivity index (χ3v) is 6.31. The third kappa shape index (κ3) is 4.02. The van der Waals surface area contributed by atoms with Crippen molar-refractivity contribution in [1.82, 2.24) is 14.9 Å². The first-order valence-corrected chi connectivity index (χ1v) is 11.2. The number of hydrogen-bond donors (Lipinski definition) is 0. The molecule has 2 aromatic heterocycles. The summed E-state index contributed by atoms with van der Waals surface area (Å²) in [5.74, 6) is 0.675. The predicted octanol–water partition coefficient (Wildman–Crippen LogP) is 4.41. The number of Topliss-reactive ketones (excluding diaryl/α,β-unsaturated/α-hetero) is 2. The molecule has 4 rings (SSSR count). The fraction of sp³-hybridized carbons (Fsp3) is 0.625. The van der Waals surface area contributed by atoms with Gasteiger partial charge in [0.25, 0.3) is 0 Å². The fourth-order valence-corrected chi connectivity index (χ4v) is 4.96. The fourth-order valence-electron chi connectivity index (χ4n) is 4.96. The van der Waals surface area contributed by atoms with Gasteiger partial charge in [0.15, 0.2) is 11.6 Å². The predicted molar refractivity (Wildman–Crippen MR) is 115 cm³/mol. The average Bonchev–Trinajstić information content (AvgIpc) is 3.19. The monoisotopic (exact) mass is 425 g/mol. The van der Waals surface area contributed by atoms with E-state index in [0.717, 1.165) is 12.1 Å². The highest BCUT2D eigenvalue weighted by atomic mass is 16.5. The van der Waals surface area contributed by atoms with Crippen LogP contribution in [0.2, 0.25) is 0 Å². The van der Waals surface area contributed by atoms with Crippen LogP contribution in [-0.4, -0.2) is 32.4 Å². The largest absolute Gasteiger partial charge is 0.360 e. The minimum absolute atomic E-state index is 0.0387. The maximum atomic E-state index is 13.0. The number of hydrogen-bond acceptors (Lipinski definition) is 6. The Balaban J connectivity index is 1.65. The first-order valence-electron chi connectivity index (χ1n) is 11.2. The van der Waals surface area contributed by atoms with Crippen LogP contribution < -0.4 is 0 Å². The van der Waals surface area contributed by atoms with E-state index in [0.29, 0.717) is 73.2 Å². The lowest BCUT2D eigenvalue weighted by atomic mass is 9.75. The Morgan fingerprint density at radius 3 is 2.23 bits per heavy atom. The van der Waals surface area contributed by atoms with Crippen molar-refractivity contribution >= 4 is 17.5 Å². The molecule has 0 unspecified atom stereocenters. The molecule has 0 fully saturated rings. The molecule has 7 nitrogen and oxygen atoms in total. The summed E-state index contributed by atoms with van der Waals surface area (Å²) < 4.78 is 6.96. The Hall–Kier alpha value is -2.57. The van der Waals surface area contributed by atoms with Gasteiger partial charge in [-0.15, -0.1) is 0 Å². The van der Waals surface area contributed by atoms with Crippen LogP contribution >= 0.6 is 0 Å². The van der Waals surface area contributed by atoms with Crippen LogP contribution in [0, 0.1) is 10.8 Å². The van der Waals surface area contributed by atoms with Crippen molar-refractivity contribution in [2.45, 2.75) is 86.0 Å². The van der Waals surface area contributed by atoms with Crippen molar-refractivity contribution < 1.29 is 18.9 Å². The summed E-state index contributed by atoms with van der Waals surface area (Å²) in [5.41, 5.74) is 2.85. The van der Waals surface area contributed by atoms with E-state index in [2.05, 4.69) is 24.1 Å². The highest BCUT2D eigenvalue weighted by molar-refractivity contribution is 6.01. The zero-order valence-electron chi connectivity index (χ0n) is 19.1. The highest BCUT2D eigenvalue weighted by Crippen LogP contribution is 2.38. The molecule has 0 aliphatic heterocycles. The van der Waals surface area contributed by atoms with Gasteiger partial charge in [0.2, 0.25) is 5.91 Å². The van der Waals surface area contributed by atoms with Gasteiger partial charge in [-0.05, 0) is 36.5 Å². The Bertz CT molecular complexity index is 1070. The maximum Gasteiger partial charge on any atom is 0.247 e. The summed E-state index contributed by atoms with van der Waals surface area (Å²) >= 11 is 0. The minimum Gasteiger partial charge on any atom is -0.360 e. The van der Waals surface area contributed by atoms with Gasteiger partial charge in [0, 0.05) is 25.7 Å². The molecule has 0 bridgehead atoms. The molecular formula is C24H31N3O4. The molecule has 0 saturated carbocycles. The smallest absolute Gasteiger partial charge is 0.247 e. The third-order valence-electron chi connectivity index (χ3n) is 6.31. The molecule has 166 valence electrons. The molecule has 0 spiro atoms. The lowest BCUT2D eigenvalue weighted by Crippen LogP contribution is -2.29. The molecule has 2 aromatic rings. The van der Waals surface area contributed by atoms with Gasteiger partial charge < -0.3 is 4.52 Å². The molecule has 0 amide bonds. The van der Waals surface area contributed by atoms with Crippen LogP contribution in [0.5, 0.6) is 0 Å². The molecule has 0 radical (unpaired) electrons. The SMILES string of the molecule is CCCC(=O)n1nc(CCc2noc3c2C(=O)CC(C)(C)C3)c2c1CC(C)(C)CC2=O. The van der Waals surface area contributed by atoms with Crippen LogP contribution in [0.15, 0.2) is 4.52 Å². The van der Waals surface area contributed by atoms with E-state index >= 15 is 0 Å². The second-order valence-corrected chi connectivity index (χ2v) is 10.6. The Morgan fingerprint density at radius 1 is 0.935 bits per heavy atom. The maximum absolute atomic E-state index is 13.0. The zero-order chi connectivity index (χ0) is 22.6. The molecule has 2 heterocycles.